The number of hydrazine groups is 1. The summed E-state index contributed by atoms with van der Waals surface area (Å²) >= 11 is 5.24. The molecule has 0 aliphatic rings. The smallest absolute Gasteiger partial charge is 0.337 e. The van der Waals surface area contributed by atoms with Crippen LogP contribution in [0.15, 0.2) is 48.5 Å². The molecule has 0 bridgehead atoms. The van der Waals surface area contributed by atoms with Crippen LogP contribution in [0.4, 0.5) is 10.5 Å². The van der Waals surface area contributed by atoms with Crippen molar-refractivity contribution in [2.45, 2.75) is 52.4 Å². The second-order valence-corrected chi connectivity index (χ2v) is 8.08. The number of thiocarbonyl (C=S) groups is 1. The molecule has 0 heterocycles. The summed E-state index contributed by atoms with van der Waals surface area (Å²) in [7, 11) is 0. The molecule has 0 saturated carbocycles. The van der Waals surface area contributed by atoms with E-state index in [0.717, 1.165) is 36.2 Å². The second-order valence-electron chi connectivity index (χ2n) is 7.67. The lowest BCUT2D eigenvalue weighted by atomic mass is 9.93. The van der Waals surface area contributed by atoms with Crippen molar-refractivity contribution in [3.05, 3.63) is 65.2 Å². The second kappa shape index (κ2) is 11.4. The van der Waals surface area contributed by atoms with Crippen molar-refractivity contribution in [2.24, 2.45) is 0 Å². The number of amides is 2. The topological polar surface area (TPSA) is 65.2 Å². The number of benzene rings is 2. The molecule has 0 atom stereocenters. The molecule has 29 heavy (non-hydrogen) atoms. The molecule has 2 aromatic rings. The van der Waals surface area contributed by atoms with E-state index in [0.29, 0.717) is 16.9 Å². The third kappa shape index (κ3) is 7.38. The molecular weight excluding hydrogens is 380 g/mol. The van der Waals surface area contributed by atoms with Gasteiger partial charge in [-0.1, -0.05) is 76.2 Å². The SMILES string of the molecule is CC(C)c1cccc(C(C)C)c1NC(=O)NNC(=S)NCCCc1ccccc1. The highest BCUT2D eigenvalue weighted by atomic mass is 32.1. The molecule has 0 radical (unpaired) electrons. The number of carbonyl (C=O) groups is 1. The third-order valence-electron chi connectivity index (χ3n) is 4.67. The number of nitrogens with one attached hydrogen (secondary N) is 4. The minimum absolute atomic E-state index is 0.310. The van der Waals surface area contributed by atoms with Crippen LogP contribution in [0, 0.1) is 0 Å². The molecule has 0 unspecified atom stereocenters. The van der Waals surface area contributed by atoms with E-state index in [4.69, 9.17) is 12.2 Å². The predicted molar refractivity (Wildman–Crippen MR) is 125 cm³/mol. The van der Waals surface area contributed by atoms with Gasteiger partial charge in [0.15, 0.2) is 5.11 Å². The fraction of sp³-hybridized carbons (Fsp3) is 0.391. The number of anilines is 1. The van der Waals surface area contributed by atoms with Gasteiger partial charge in [-0.15, -0.1) is 0 Å². The van der Waals surface area contributed by atoms with Crippen molar-refractivity contribution in [1.82, 2.24) is 16.2 Å². The molecule has 0 fully saturated rings. The molecular formula is C23H32N4OS. The maximum atomic E-state index is 12.4. The normalized spacial score (nSPS) is 10.7. The van der Waals surface area contributed by atoms with Crippen LogP contribution in [0.3, 0.4) is 0 Å². The van der Waals surface area contributed by atoms with E-state index in [2.05, 4.69) is 73.4 Å². The monoisotopic (exact) mass is 412 g/mol. The standard InChI is InChI=1S/C23H32N4OS/c1-16(2)19-13-8-14-20(17(3)4)21(19)25-22(28)26-27-23(29)24-15-9-12-18-10-6-5-7-11-18/h5-8,10-11,13-14,16-17H,9,12,15H2,1-4H3,(H2,24,27,29)(H2,25,26,28). The Bertz CT molecular complexity index is 780. The molecule has 5 nitrogen and oxygen atoms in total. The maximum Gasteiger partial charge on any atom is 0.337 e. The molecule has 2 aromatic carbocycles. The van der Waals surface area contributed by atoms with E-state index >= 15 is 0 Å². The minimum Gasteiger partial charge on any atom is -0.361 e. The largest absolute Gasteiger partial charge is 0.361 e. The highest BCUT2D eigenvalue weighted by Crippen LogP contribution is 2.32. The zero-order valence-corrected chi connectivity index (χ0v) is 18.5. The number of rotatable bonds is 7. The van der Waals surface area contributed by atoms with Crippen molar-refractivity contribution >= 4 is 29.0 Å². The highest BCUT2D eigenvalue weighted by molar-refractivity contribution is 7.80. The first-order chi connectivity index (χ1) is 13.9. The summed E-state index contributed by atoms with van der Waals surface area (Å²) in [5.41, 5.74) is 9.79. The van der Waals surface area contributed by atoms with Crippen LogP contribution in [-0.4, -0.2) is 17.7 Å². The number of aryl methyl sites for hydroxylation is 1. The number of para-hydroxylation sites is 1. The van der Waals surface area contributed by atoms with Gasteiger partial charge in [-0.05, 0) is 53.6 Å². The van der Waals surface area contributed by atoms with Crippen LogP contribution in [0.1, 0.15) is 62.6 Å². The minimum atomic E-state index is -0.339. The Kier molecular flexibility index (Phi) is 8.93. The van der Waals surface area contributed by atoms with E-state index < -0.39 is 0 Å². The molecule has 0 aliphatic heterocycles. The first-order valence-electron chi connectivity index (χ1n) is 10.2. The van der Waals surface area contributed by atoms with Crippen LogP contribution < -0.4 is 21.5 Å². The lowest BCUT2D eigenvalue weighted by molar-refractivity contribution is 0.250. The molecule has 0 aromatic heterocycles. The Hall–Kier alpha value is -2.60. The predicted octanol–water partition coefficient (Wildman–Crippen LogP) is 5.07. The van der Waals surface area contributed by atoms with Crippen LogP contribution in [0.5, 0.6) is 0 Å². The molecule has 0 saturated heterocycles. The Morgan fingerprint density at radius 2 is 1.52 bits per heavy atom. The molecule has 2 rings (SSSR count). The summed E-state index contributed by atoms with van der Waals surface area (Å²) in [6, 6.07) is 16.1. The van der Waals surface area contributed by atoms with Crippen LogP contribution in [0.2, 0.25) is 0 Å². The Balaban J connectivity index is 1.80. The first-order valence-corrected chi connectivity index (χ1v) is 10.6. The Labute approximate surface area is 179 Å². The summed E-state index contributed by atoms with van der Waals surface area (Å²) in [6.45, 7) is 9.22. The molecule has 0 aliphatic carbocycles. The first kappa shape index (κ1) is 22.7. The molecule has 0 spiro atoms. The van der Waals surface area contributed by atoms with Crippen LogP contribution in [-0.2, 0) is 6.42 Å². The van der Waals surface area contributed by atoms with E-state index in [1.54, 1.807) is 0 Å². The van der Waals surface area contributed by atoms with E-state index in [-0.39, 0.29) is 6.03 Å². The summed E-state index contributed by atoms with van der Waals surface area (Å²) in [4.78, 5) is 12.4. The fourth-order valence-corrected chi connectivity index (χ4v) is 3.29. The van der Waals surface area contributed by atoms with Gasteiger partial charge in [-0.3, -0.25) is 5.43 Å². The van der Waals surface area contributed by atoms with Gasteiger partial charge in [-0.25, -0.2) is 10.2 Å². The average molecular weight is 413 g/mol. The van der Waals surface area contributed by atoms with Gasteiger partial charge in [-0.2, -0.15) is 0 Å². The fourth-order valence-electron chi connectivity index (χ4n) is 3.14. The van der Waals surface area contributed by atoms with Gasteiger partial charge in [0.2, 0.25) is 0 Å². The molecule has 6 heteroatoms. The van der Waals surface area contributed by atoms with Crippen molar-refractivity contribution in [3.63, 3.8) is 0 Å². The number of carbonyl (C=O) groups excluding carboxylic acids is 1. The highest BCUT2D eigenvalue weighted by Gasteiger charge is 2.15. The summed E-state index contributed by atoms with van der Waals surface area (Å²) in [5, 5.41) is 6.49. The van der Waals surface area contributed by atoms with Crippen molar-refractivity contribution < 1.29 is 4.79 Å². The maximum absolute atomic E-state index is 12.4. The average Bonchev–Trinajstić information content (AvgIpc) is 2.70. The van der Waals surface area contributed by atoms with E-state index in [9.17, 15) is 4.79 Å². The molecule has 156 valence electrons. The molecule has 4 N–H and O–H groups in total. The van der Waals surface area contributed by atoms with Gasteiger partial charge in [0.1, 0.15) is 0 Å². The Morgan fingerprint density at radius 3 is 2.10 bits per heavy atom. The quantitative estimate of drug-likeness (QED) is 0.291. The van der Waals surface area contributed by atoms with Crippen LogP contribution in [0.25, 0.3) is 0 Å². The number of hydrogen-bond donors (Lipinski definition) is 4. The summed E-state index contributed by atoms with van der Waals surface area (Å²) in [5.74, 6) is 0.619. The Morgan fingerprint density at radius 1 is 0.897 bits per heavy atom. The van der Waals surface area contributed by atoms with Gasteiger partial charge in [0.25, 0.3) is 0 Å². The summed E-state index contributed by atoms with van der Waals surface area (Å²) < 4.78 is 0. The molecule has 2 amide bonds. The number of hydrogen-bond acceptors (Lipinski definition) is 2. The van der Waals surface area contributed by atoms with Crippen LogP contribution >= 0.6 is 12.2 Å². The summed E-state index contributed by atoms with van der Waals surface area (Å²) in [6.07, 6.45) is 1.94. The lowest BCUT2D eigenvalue weighted by Gasteiger charge is -2.20. The van der Waals surface area contributed by atoms with Gasteiger partial charge < -0.3 is 10.6 Å². The van der Waals surface area contributed by atoms with Crippen molar-refractivity contribution in [2.75, 3.05) is 11.9 Å². The van der Waals surface area contributed by atoms with Gasteiger partial charge in [0, 0.05) is 12.2 Å². The number of urea groups is 1. The van der Waals surface area contributed by atoms with Gasteiger partial charge >= 0.3 is 6.03 Å². The van der Waals surface area contributed by atoms with Crippen molar-refractivity contribution in [3.8, 4) is 0 Å². The zero-order chi connectivity index (χ0) is 21.2. The zero-order valence-electron chi connectivity index (χ0n) is 17.7. The lowest BCUT2D eigenvalue weighted by Crippen LogP contribution is -2.48. The van der Waals surface area contributed by atoms with Crippen molar-refractivity contribution in [1.29, 1.82) is 0 Å². The third-order valence-corrected chi connectivity index (χ3v) is 4.92. The van der Waals surface area contributed by atoms with Gasteiger partial charge in [0.05, 0.1) is 0 Å². The van der Waals surface area contributed by atoms with E-state index in [1.807, 2.05) is 24.3 Å². The van der Waals surface area contributed by atoms with E-state index in [1.165, 1.54) is 5.56 Å².